The highest BCUT2D eigenvalue weighted by molar-refractivity contribution is 14.1. The number of hydrogen-bond acceptors (Lipinski definition) is 4. The summed E-state index contributed by atoms with van der Waals surface area (Å²) in [5, 5.41) is 4.85. The highest BCUT2D eigenvalue weighted by atomic mass is 127. The minimum Gasteiger partial charge on any atom is -0.350 e. The van der Waals surface area contributed by atoms with Crippen molar-refractivity contribution in [3.05, 3.63) is 55.8 Å². The zero-order valence-corrected chi connectivity index (χ0v) is 16.8. The predicted octanol–water partition coefficient (Wildman–Crippen LogP) is 2.54. The second-order valence-electron chi connectivity index (χ2n) is 5.85. The van der Waals surface area contributed by atoms with E-state index in [9.17, 15) is 9.59 Å². The lowest BCUT2D eigenvalue weighted by molar-refractivity contribution is 0.0637. The Morgan fingerprint density at radius 2 is 1.84 bits per heavy atom. The van der Waals surface area contributed by atoms with Gasteiger partial charge in [-0.25, -0.2) is 0 Å². The van der Waals surface area contributed by atoms with Crippen LogP contribution in [-0.2, 0) is 0 Å². The molecule has 1 fully saturated rings. The van der Waals surface area contributed by atoms with Crippen molar-refractivity contribution in [1.82, 2.24) is 15.1 Å². The fourth-order valence-electron chi connectivity index (χ4n) is 2.80. The van der Waals surface area contributed by atoms with Gasteiger partial charge >= 0.3 is 0 Å². The van der Waals surface area contributed by atoms with E-state index in [1.54, 1.807) is 0 Å². The Balaban J connectivity index is 1.42. The number of amides is 2. The maximum absolute atomic E-state index is 12.6. The molecule has 2 heterocycles. The number of carbonyl (C=O) groups is 2. The minimum absolute atomic E-state index is 0.0116. The van der Waals surface area contributed by atoms with Crippen LogP contribution in [0, 0.1) is 3.57 Å². The van der Waals surface area contributed by atoms with Gasteiger partial charge in [0, 0.05) is 42.8 Å². The van der Waals surface area contributed by atoms with Crippen LogP contribution in [0.15, 0.2) is 41.8 Å². The molecule has 2 amide bonds. The number of benzene rings is 1. The number of piperazine rings is 1. The van der Waals surface area contributed by atoms with Gasteiger partial charge in [-0.15, -0.1) is 11.3 Å². The van der Waals surface area contributed by atoms with E-state index < -0.39 is 0 Å². The first-order chi connectivity index (χ1) is 12.1. The fourth-order valence-corrected chi connectivity index (χ4v) is 4.06. The summed E-state index contributed by atoms with van der Waals surface area (Å²) in [6.07, 6.45) is 0. The second kappa shape index (κ2) is 8.77. The molecule has 7 heteroatoms. The van der Waals surface area contributed by atoms with Crippen LogP contribution in [0.2, 0.25) is 0 Å². The zero-order valence-electron chi connectivity index (χ0n) is 13.8. The normalized spacial score (nSPS) is 15.2. The fraction of sp³-hybridized carbons (Fsp3) is 0.333. The average Bonchev–Trinajstić information content (AvgIpc) is 3.17. The summed E-state index contributed by atoms with van der Waals surface area (Å²) in [5.41, 5.74) is 0.778. The van der Waals surface area contributed by atoms with Crippen molar-refractivity contribution in [1.29, 1.82) is 0 Å². The van der Waals surface area contributed by atoms with Crippen molar-refractivity contribution in [3.63, 3.8) is 0 Å². The lowest BCUT2D eigenvalue weighted by Gasteiger charge is -2.34. The third kappa shape index (κ3) is 4.80. The summed E-state index contributed by atoms with van der Waals surface area (Å²) in [7, 11) is 0. The number of carbonyl (C=O) groups excluding carboxylic acids is 2. The van der Waals surface area contributed by atoms with Gasteiger partial charge in [0.25, 0.3) is 11.8 Å². The standard InChI is InChI=1S/C18H20IN3O2S/c19-15-5-2-1-4-14(15)18(24)22-11-9-21(10-12-22)8-7-20-17(23)16-6-3-13-25-16/h1-6,13H,7-12H2,(H,20,23). The summed E-state index contributed by atoms with van der Waals surface area (Å²) in [4.78, 5) is 29.5. The van der Waals surface area contributed by atoms with Crippen molar-refractivity contribution >= 4 is 45.7 Å². The molecule has 0 spiro atoms. The van der Waals surface area contributed by atoms with Crippen LogP contribution in [0.1, 0.15) is 20.0 Å². The number of nitrogens with zero attached hydrogens (tertiary/aromatic N) is 2. The second-order valence-corrected chi connectivity index (χ2v) is 7.96. The first-order valence-corrected chi connectivity index (χ1v) is 10.2. The van der Waals surface area contributed by atoms with E-state index in [1.807, 2.05) is 46.7 Å². The maximum Gasteiger partial charge on any atom is 0.261 e. The first-order valence-electron chi connectivity index (χ1n) is 8.23. The Morgan fingerprint density at radius 1 is 1.08 bits per heavy atom. The summed E-state index contributed by atoms with van der Waals surface area (Å²) < 4.78 is 0.990. The first kappa shape index (κ1) is 18.3. The maximum atomic E-state index is 12.6. The molecule has 1 saturated heterocycles. The molecular weight excluding hydrogens is 449 g/mol. The number of nitrogens with one attached hydrogen (secondary N) is 1. The summed E-state index contributed by atoms with van der Waals surface area (Å²) in [5.74, 6) is 0.0955. The number of hydrogen-bond donors (Lipinski definition) is 1. The van der Waals surface area contributed by atoms with E-state index in [2.05, 4.69) is 32.8 Å². The van der Waals surface area contributed by atoms with Crippen LogP contribution in [0.3, 0.4) is 0 Å². The molecule has 0 unspecified atom stereocenters. The third-order valence-corrected chi connectivity index (χ3v) is 6.03. The molecule has 1 N–H and O–H groups in total. The van der Waals surface area contributed by atoms with Crippen molar-refractivity contribution < 1.29 is 9.59 Å². The van der Waals surface area contributed by atoms with E-state index in [0.717, 1.165) is 46.7 Å². The number of thiophene rings is 1. The van der Waals surface area contributed by atoms with E-state index in [1.165, 1.54) is 11.3 Å². The molecule has 1 aliphatic rings. The van der Waals surface area contributed by atoms with Gasteiger partial charge in [0.1, 0.15) is 0 Å². The molecule has 3 rings (SSSR count). The van der Waals surface area contributed by atoms with Crippen molar-refractivity contribution in [2.45, 2.75) is 0 Å². The van der Waals surface area contributed by atoms with Gasteiger partial charge in [-0.05, 0) is 46.2 Å². The van der Waals surface area contributed by atoms with Gasteiger partial charge in [0.15, 0.2) is 0 Å². The Labute approximate surface area is 165 Å². The van der Waals surface area contributed by atoms with Crippen LogP contribution in [0.25, 0.3) is 0 Å². The molecule has 0 atom stereocenters. The molecule has 1 aromatic carbocycles. The molecule has 0 bridgehead atoms. The third-order valence-electron chi connectivity index (χ3n) is 4.22. The molecule has 2 aromatic rings. The van der Waals surface area contributed by atoms with Crippen molar-refractivity contribution in [2.75, 3.05) is 39.3 Å². The van der Waals surface area contributed by atoms with Gasteiger partial charge in [0.05, 0.1) is 10.4 Å². The summed E-state index contributed by atoms with van der Waals surface area (Å²) in [6, 6.07) is 11.4. The van der Waals surface area contributed by atoms with Crippen LogP contribution >= 0.6 is 33.9 Å². The van der Waals surface area contributed by atoms with E-state index in [0.29, 0.717) is 6.54 Å². The van der Waals surface area contributed by atoms with Gasteiger partial charge < -0.3 is 10.2 Å². The van der Waals surface area contributed by atoms with Gasteiger partial charge in [-0.3, -0.25) is 14.5 Å². The highest BCUT2D eigenvalue weighted by Crippen LogP contribution is 2.15. The molecule has 5 nitrogen and oxygen atoms in total. The molecule has 1 aromatic heterocycles. The Kier molecular flexibility index (Phi) is 6.44. The van der Waals surface area contributed by atoms with Crippen molar-refractivity contribution in [2.24, 2.45) is 0 Å². The van der Waals surface area contributed by atoms with Gasteiger partial charge in [-0.2, -0.15) is 0 Å². The average molecular weight is 469 g/mol. The van der Waals surface area contributed by atoms with Crippen LogP contribution in [0.5, 0.6) is 0 Å². The monoisotopic (exact) mass is 469 g/mol. The molecule has 132 valence electrons. The smallest absolute Gasteiger partial charge is 0.261 e. The quantitative estimate of drug-likeness (QED) is 0.686. The number of rotatable bonds is 5. The Morgan fingerprint density at radius 3 is 2.52 bits per heavy atom. The topological polar surface area (TPSA) is 52.7 Å². The predicted molar refractivity (Wildman–Crippen MR) is 108 cm³/mol. The summed E-state index contributed by atoms with van der Waals surface area (Å²) >= 11 is 3.66. The molecule has 0 saturated carbocycles. The van der Waals surface area contributed by atoms with E-state index in [-0.39, 0.29) is 11.8 Å². The van der Waals surface area contributed by atoms with Gasteiger partial charge in [0.2, 0.25) is 0 Å². The molecule has 25 heavy (non-hydrogen) atoms. The van der Waals surface area contributed by atoms with Crippen LogP contribution < -0.4 is 5.32 Å². The number of halogens is 1. The lowest BCUT2D eigenvalue weighted by atomic mass is 10.2. The summed E-state index contributed by atoms with van der Waals surface area (Å²) in [6.45, 7) is 4.56. The Hall–Kier alpha value is -1.45. The molecule has 1 aliphatic heterocycles. The molecular formula is C18H20IN3O2S. The van der Waals surface area contributed by atoms with Crippen LogP contribution in [-0.4, -0.2) is 60.9 Å². The minimum atomic E-state index is -0.0116. The SMILES string of the molecule is O=C(NCCN1CCN(C(=O)c2ccccc2I)CC1)c1cccs1. The van der Waals surface area contributed by atoms with E-state index in [4.69, 9.17) is 0 Å². The largest absolute Gasteiger partial charge is 0.350 e. The molecule has 0 radical (unpaired) electrons. The lowest BCUT2D eigenvalue weighted by Crippen LogP contribution is -2.50. The Bertz CT molecular complexity index is 728. The zero-order chi connectivity index (χ0) is 17.6. The highest BCUT2D eigenvalue weighted by Gasteiger charge is 2.23. The van der Waals surface area contributed by atoms with Crippen LogP contribution in [0.4, 0.5) is 0 Å². The van der Waals surface area contributed by atoms with Crippen molar-refractivity contribution in [3.8, 4) is 0 Å². The van der Waals surface area contributed by atoms with E-state index >= 15 is 0 Å². The van der Waals surface area contributed by atoms with Gasteiger partial charge in [-0.1, -0.05) is 18.2 Å². The molecule has 0 aliphatic carbocycles.